The Morgan fingerprint density at radius 3 is 2.43 bits per heavy atom. The van der Waals surface area contributed by atoms with Crippen molar-refractivity contribution >= 4 is 25.6 Å². The maximum absolute atomic E-state index is 12.5. The van der Waals surface area contributed by atoms with Crippen LogP contribution in [0.25, 0.3) is 0 Å². The van der Waals surface area contributed by atoms with Crippen molar-refractivity contribution in [1.82, 2.24) is 4.90 Å². The van der Waals surface area contributed by atoms with Gasteiger partial charge in [-0.15, -0.1) is 0 Å². The molecule has 1 aliphatic carbocycles. The van der Waals surface area contributed by atoms with Gasteiger partial charge in [0.15, 0.2) is 0 Å². The van der Waals surface area contributed by atoms with Crippen molar-refractivity contribution in [2.75, 3.05) is 13.6 Å². The van der Waals surface area contributed by atoms with Crippen LogP contribution in [0.5, 0.6) is 0 Å². The van der Waals surface area contributed by atoms with Gasteiger partial charge < -0.3 is 4.90 Å². The first-order chi connectivity index (χ1) is 9.70. The topological polar surface area (TPSA) is 54.5 Å². The van der Waals surface area contributed by atoms with E-state index in [1.165, 1.54) is 12.5 Å². The van der Waals surface area contributed by atoms with Crippen LogP contribution in [0.4, 0.5) is 0 Å². The standard InChI is InChI=1S/C15H20ClNO3S/c1-10-7-13(8-14(11(10)2)21(16,19)20)15(18)17(3)9-12-5-4-6-12/h7-8,12H,4-6,9H2,1-3H3. The second kappa shape index (κ2) is 5.97. The Balaban J connectivity index is 2.30. The van der Waals surface area contributed by atoms with Gasteiger partial charge in [-0.1, -0.05) is 6.42 Å². The molecule has 21 heavy (non-hydrogen) atoms. The molecule has 6 heteroatoms. The van der Waals surface area contributed by atoms with E-state index in [0.717, 1.165) is 18.4 Å². The zero-order chi connectivity index (χ0) is 15.8. The second-order valence-electron chi connectivity index (χ2n) is 5.84. The molecule has 0 radical (unpaired) electrons. The monoisotopic (exact) mass is 329 g/mol. The van der Waals surface area contributed by atoms with Crippen LogP contribution in [0.2, 0.25) is 0 Å². The summed E-state index contributed by atoms with van der Waals surface area (Å²) >= 11 is 0. The van der Waals surface area contributed by atoms with Crippen LogP contribution in [0.15, 0.2) is 17.0 Å². The summed E-state index contributed by atoms with van der Waals surface area (Å²) in [6.45, 7) is 4.19. The SMILES string of the molecule is Cc1cc(C(=O)N(C)CC2CCC2)cc(S(=O)(=O)Cl)c1C. The van der Waals surface area contributed by atoms with Gasteiger partial charge in [0.25, 0.3) is 15.0 Å². The molecule has 1 fully saturated rings. The molecular formula is C15H20ClNO3S. The highest BCUT2D eigenvalue weighted by Crippen LogP contribution is 2.28. The first-order valence-corrected chi connectivity index (χ1v) is 9.32. The highest BCUT2D eigenvalue weighted by molar-refractivity contribution is 8.13. The lowest BCUT2D eigenvalue weighted by Crippen LogP contribution is -2.34. The smallest absolute Gasteiger partial charge is 0.261 e. The first-order valence-electron chi connectivity index (χ1n) is 7.01. The average molecular weight is 330 g/mol. The number of amides is 1. The molecule has 1 aromatic carbocycles. The predicted molar refractivity (Wildman–Crippen MR) is 83.3 cm³/mol. The fourth-order valence-corrected chi connectivity index (χ4v) is 3.84. The lowest BCUT2D eigenvalue weighted by Gasteiger charge is -2.30. The summed E-state index contributed by atoms with van der Waals surface area (Å²) in [4.78, 5) is 14.1. The van der Waals surface area contributed by atoms with Gasteiger partial charge in [-0.3, -0.25) is 4.79 Å². The van der Waals surface area contributed by atoms with Crippen LogP contribution in [0.3, 0.4) is 0 Å². The summed E-state index contributed by atoms with van der Waals surface area (Å²) in [5.74, 6) is 0.410. The molecule has 0 bridgehead atoms. The van der Waals surface area contributed by atoms with E-state index in [4.69, 9.17) is 10.7 Å². The van der Waals surface area contributed by atoms with Crippen LogP contribution < -0.4 is 0 Å². The van der Waals surface area contributed by atoms with Gasteiger partial charge in [-0.25, -0.2) is 8.42 Å². The maximum atomic E-state index is 12.5. The number of hydrogen-bond acceptors (Lipinski definition) is 3. The quantitative estimate of drug-likeness (QED) is 0.797. The van der Waals surface area contributed by atoms with Crippen LogP contribution in [0.1, 0.15) is 40.7 Å². The van der Waals surface area contributed by atoms with E-state index in [1.807, 2.05) is 0 Å². The first kappa shape index (κ1) is 16.3. The van der Waals surface area contributed by atoms with Crippen molar-refractivity contribution in [3.63, 3.8) is 0 Å². The molecule has 1 amide bonds. The molecule has 0 atom stereocenters. The molecule has 0 unspecified atom stereocenters. The van der Waals surface area contributed by atoms with Gasteiger partial charge in [0.05, 0.1) is 4.90 Å². The third-order valence-corrected chi connectivity index (χ3v) is 5.68. The minimum Gasteiger partial charge on any atom is -0.341 e. The third-order valence-electron chi connectivity index (χ3n) is 4.23. The molecule has 0 spiro atoms. The number of carbonyl (C=O) groups excluding carboxylic acids is 1. The molecular weight excluding hydrogens is 310 g/mol. The summed E-state index contributed by atoms with van der Waals surface area (Å²) in [5.41, 5.74) is 1.71. The van der Waals surface area contributed by atoms with Gasteiger partial charge in [0, 0.05) is 29.8 Å². The normalized spacial score (nSPS) is 15.6. The molecule has 116 valence electrons. The predicted octanol–water partition coefficient (Wildman–Crippen LogP) is 3.10. The molecule has 0 aliphatic heterocycles. The Labute approximate surface area is 130 Å². The van der Waals surface area contributed by atoms with E-state index in [9.17, 15) is 13.2 Å². The molecule has 0 saturated heterocycles. The van der Waals surface area contributed by atoms with Gasteiger partial charge in [-0.2, -0.15) is 0 Å². The fourth-order valence-electron chi connectivity index (χ4n) is 2.57. The Morgan fingerprint density at radius 2 is 1.95 bits per heavy atom. The van der Waals surface area contributed by atoms with E-state index >= 15 is 0 Å². The number of rotatable bonds is 4. The molecule has 1 aromatic rings. The summed E-state index contributed by atoms with van der Waals surface area (Å²) in [6.07, 6.45) is 3.54. The van der Waals surface area contributed by atoms with E-state index in [-0.39, 0.29) is 10.8 Å². The van der Waals surface area contributed by atoms with Gasteiger partial charge in [-0.05, 0) is 55.9 Å². The number of benzene rings is 1. The van der Waals surface area contributed by atoms with Crippen LogP contribution in [-0.4, -0.2) is 32.8 Å². The minimum atomic E-state index is -3.85. The third kappa shape index (κ3) is 3.58. The van der Waals surface area contributed by atoms with Gasteiger partial charge >= 0.3 is 0 Å². The molecule has 1 aliphatic rings. The summed E-state index contributed by atoms with van der Waals surface area (Å²) in [5, 5.41) is 0. The summed E-state index contributed by atoms with van der Waals surface area (Å²) in [7, 11) is 3.36. The van der Waals surface area contributed by atoms with Crippen LogP contribution >= 0.6 is 10.7 Å². The Bertz CT molecular complexity index is 666. The number of carbonyl (C=O) groups is 1. The van der Waals surface area contributed by atoms with Crippen molar-refractivity contribution in [2.45, 2.75) is 38.0 Å². The summed E-state index contributed by atoms with van der Waals surface area (Å²) < 4.78 is 23.2. The number of nitrogens with zero attached hydrogens (tertiary/aromatic N) is 1. The maximum Gasteiger partial charge on any atom is 0.261 e. The molecule has 0 aromatic heterocycles. The molecule has 4 nitrogen and oxygen atoms in total. The van der Waals surface area contributed by atoms with E-state index in [0.29, 0.717) is 23.6 Å². The Morgan fingerprint density at radius 1 is 1.33 bits per heavy atom. The molecule has 0 N–H and O–H groups in total. The van der Waals surface area contributed by atoms with E-state index < -0.39 is 9.05 Å². The minimum absolute atomic E-state index is 0.0181. The zero-order valence-corrected chi connectivity index (χ0v) is 14.1. The van der Waals surface area contributed by atoms with Crippen LogP contribution in [-0.2, 0) is 9.05 Å². The number of aryl methyl sites for hydroxylation is 1. The van der Waals surface area contributed by atoms with Crippen molar-refractivity contribution in [1.29, 1.82) is 0 Å². The van der Waals surface area contributed by atoms with E-state index in [1.54, 1.807) is 31.9 Å². The van der Waals surface area contributed by atoms with E-state index in [2.05, 4.69) is 0 Å². The number of hydrogen-bond donors (Lipinski definition) is 0. The van der Waals surface area contributed by atoms with Gasteiger partial charge in [0.1, 0.15) is 0 Å². The molecule has 1 saturated carbocycles. The van der Waals surface area contributed by atoms with Crippen molar-refractivity contribution in [3.05, 3.63) is 28.8 Å². The van der Waals surface area contributed by atoms with Crippen molar-refractivity contribution in [3.8, 4) is 0 Å². The number of halogens is 1. The second-order valence-corrected chi connectivity index (χ2v) is 8.37. The Hall–Kier alpha value is -1.07. The lowest BCUT2D eigenvalue weighted by molar-refractivity contribution is 0.0745. The largest absolute Gasteiger partial charge is 0.341 e. The highest BCUT2D eigenvalue weighted by Gasteiger charge is 2.24. The Kier molecular flexibility index (Phi) is 4.63. The fraction of sp³-hybridized carbons (Fsp3) is 0.533. The van der Waals surface area contributed by atoms with Gasteiger partial charge in [0.2, 0.25) is 0 Å². The van der Waals surface area contributed by atoms with Crippen molar-refractivity contribution in [2.24, 2.45) is 5.92 Å². The molecule has 0 heterocycles. The lowest BCUT2D eigenvalue weighted by atomic mass is 9.85. The zero-order valence-electron chi connectivity index (χ0n) is 12.5. The average Bonchev–Trinajstić information content (AvgIpc) is 2.34. The summed E-state index contributed by atoms with van der Waals surface area (Å²) in [6, 6.07) is 3.10. The van der Waals surface area contributed by atoms with Crippen LogP contribution in [0, 0.1) is 19.8 Å². The molecule has 2 rings (SSSR count). The highest BCUT2D eigenvalue weighted by atomic mass is 35.7. The van der Waals surface area contributed by atoms with Crippen molar-refractivity contribution < 1.29 is 13.2 Å².